The van der Waals surface area contributed by atoms with Gasteiger partial charge in [-0.15, -0.1) is 0 Å². The van der Waals surface area contributed by atoms with Crippen molar-refractivity contribution < 1.29 is 9.72 Å². The molecule has 2 aromatic rings. The molecule has 0 aliphatic carbocycles. The van der Waals surface area contributed by atoms with E-state index in [1.807, 2.05) is 6.92 Å². The number of aryl methyl sites for hydroxylation is 1. The monoisotopic (exact) mass is 276 g/mol. The van der Waals surface area contributed by atoms with Crippen molar-refractivity contribution in [2.24, 2.45) is 7.05 Å². The van der Waals surface area contributed by atoms with E-state index in [0.717, 1.165) is 5.39 Å². The lowest BCUT2D eigenvalue weighted by Crippen LogP contribution is -2.30. The van der Waals surface area contributed by atoms with Gasteiger partial charge in [0.25, 0.3) is 5.69 Å². The van der Waals surface area contributed by atoms with Crippen LogP contribution in [0.3, 0.4) is 0 Å². The molecule has 1 aromatic carbocycles. The average Bonchev–Trinajstić information content (AvgIpc) is 2.76. The molecule has 7 heteroatoms. The molecule has 2 rings (SSSR count). The van der Waals surface area contributed by atoms with E-state index in [0.29, 0.717) is 24.3 Å². The first-order valence-corrected chi connectivity index (χ1v) is 6.41. The Bertz CT molecular complexity index is 678. The zero-order valence-electron chi connectivity index (χ0n) is 11.7. The highest BCUT2D eigenvalue weighted by Crippen LogP contribution is 2.29. The summed E-state index contributed by atoms with van der Waals surface area (Å²) >= 11 is 0. The maximum absolute atomic E-state index is 11.9. The van der Waals surface area contributed by atoms with Gasteiger partial charge in [-0.05, 0) is 13.0 Å². The van der Waals surface area contributed by atoms with Gasteiger partial charge in [-0.3, -0.25) is 24.5 Å². The molecular formula is C13H16N4O3. The van der Waals surface area contributed by atoms with Crippen LogP contribution in [0.4, 0.5) is 11.5 Å². The van der Waals surface area contributed by atoms with Gasteiger partial charge in [-0.1, -0.05) is 6.92 Å². The number of hydrogen-bond donors (Lipinski definition) is 0. The Kier molecular flexibility index (Phi) is 3.69. The molecule has 106 valence electrons. The van der Waals surface area contributed by atoms with Crippen molar-refractivity contribution in [3.05, 3.63) is 28.3 Å². The van der Waals surface area contributed by atoms with Gasteiger partial charge in [-0.25, -0.2) is 0 Å². The van der Waals surface area contributed by atoms with Crippen molar-refractivity contribution in [3.8, 4) is 0 Å². The molecule has 1 aromatic heterocycles. The van der Waals surface area contributed by atoms with Crippen LogP contribution >= 0.6 is 0 Å². The summed E-state index contributed by atoms with van der Waals surface area (Å²) in [5, 5.41) is 15.9. The number of non-ortho nitro benzene ring substituents is 1. The van der Waals surface area contributed by atoms with Crippen LogP contribution in [0.15, 0.2) is 18.2 Å². The normalized spacial score (nSPS) is 10.8. The summed E-state index contributed by atoms with van der Waals surface area (Å²) in [6, 6.07) is 4.54. The van der Waals surface area contributed by atoms with Gasteiger partial charge in [0, 0.05) is 37.5 Å². The number of benzene rings is 1. The molecular weight excluding hydrogens is 260 g/mol. The van der Waals surface area contributed by atoms with Crippen molar-refractivity contribution in [2.45, 2.75) is 20.3 Å². The zero-order chi connectivity index (χ0) is 14.9. The Morgan fingerprint density at radius 3 is 2.70 bits per heavy atom. The van der Waals surface area contributed by atoms with Crippen molar-refractivity contribution >= 4 is 28.3 Å². The van der Waals surface area contributed by atoms with E-state index in [1.165, 1.54) is 12.1 Å². The van der Waals surface area contributed by atoms with Crippen molar-refractivity contribution in [1.82, 2.24) is 9.78 Å². The van der Waals surface area contributed by atoms with E-state index in [2.05, 4.69) is 5.10 Å². The molecule has 0 spiro atoms. The third-order valence-corrected chi connectivity index (χ3v) is 3.20. The van der Waals surface area contributed by atoms with Crippen molar-refractivity contribution in [1.29, 1.82) is 0 Å². The molecule has 0 bridgehead atoms. The van der Waals surface area contributed by atoms with E-state index < -0.39 is 4.92 Å². The minimum atomic E-state index is -0.444. The van der Waals surface area contributed by atoms with Gasteiger partial charge in [0.2, 0.25) is 5.91 Å². The highest BCUT2D eigenvalue weighted by molar-refractivity contribution is 6.01. The van der Waals surface area contributed by atoms with Crippen LogP contribution in [0.5, 0.6) is 0 Å². The van der Waals surface area contributed by atoms with Crippen LogP contribution in [0.2, 0.25) is 0 Å². The summed E-state index contributed by atoms with van der Waals surface area (Å²) < 4.78 is 1.56. The second kappa shape index (κ2) is 5.28. The van der Waals surface area contributed by atoms with E-state index in [1.54, 1.807) is 29.6 Å². The average molecular weight is 276 g/mol. The Morgan fingerprint density at radius 1 is 1.45 bits per heavy atom. The molecule has 1 amide bonds. The summed E-state index contributed by atoms with van der Waals surface area (Å²) in [5.74, 6) is 0.526. The molecule has 0 aliphatic rings. The van der Waals surface area contributed by atoms with Crippen LogP contribution in [-0.4, -0.2) is 27.2 Å². The van der Waals surface area contributed by atoms with Crippen LogP contribution in [0, 0.1) is 10.1 Å². The van der Waals surface area contributed by atoms with Gasteiger partial charge < -0.3 is 0 Å². The minimum absolute atomic E-state index is 0.0110. The van der Waals surface area contributed by atoms with Gasteiger partial charge in [0.05, 0.1) is 10.4 Å². The lowest BCUT2D eigenvalue weighted by molar-refractivity contribution is -0.384. The first-order chi connectivity index (χ1) is 9.49. The maximum Gasteiger partial charge on any atom is 0.271 e. The summed E-state index contributed by atoms with van der Waals surface area (Å²) in [7, 11) is 1.71. The molecule has 0 radical (unpaired) electrons. The highest BCUT2D eigenvalue weighted by atomic mass is 16.6. The molecule has 20 heavy (non-hydrogen) atoms. The highest BCUT2D eigenvalue weighted by Gasteiger charge is 2.20. The fourth-order valence-corrected chi connectivity index (χ4v) is 2.17. The summed E-state index contributed by atoms with van der Waals surface area (Å²) in [6.45, 7) is 4.18. The van der Waals surface area contributed by atoms with E-state index in [4.69, 9.17) is 0 Å². The number of rotatable bonds is 4. The Balaban J connectivity index is 2.61. The second-order valence-electron chi connectivity index (χ2n) is 4.40. The van der Waals surface area contributed by atoms with Gasteiger partial charge in [-0.2, -0.15) is 5.10 Å². The first-order valence-electron chi connectivity index (χ1n) is 6.41. The molecule has 1 heterocycles. The Morgan fingerprint density at radius 2 is 2.15 bits per heavy atom. The largest absolute Gasteiger partial charge is 0.295 e. The number of hydrogen-bond acceptors (Lipinski definition) is 4. The van der Waals surface area contributed by atoms with Gasteiger partial charge in [0.1, 0.15) is 0 Å². The molecule has 0 aliphatic heterocycles. The molecule has 0 fully saturated rings. The van der Waals surface area contributed by atoms with Gasteiger partial charge >= 0.3 is 0 Å². The predicted octanol–water partition coefficient (Wildman–Crippen LogP) is 2.24. The number of nitro benzene ring substituents is 1. The number of carbonyl (C=O) groups is 1. The van der Waals surface area contributed by atoms with E-state index in [9.17, 15) is 14.9 Å². The molecule has 0 unspecified atom stereocenters. The van der Waals surface area contributed by atoms with Crippen LogP contribution in [0.1, 0.15) is 20.3 Å². The minimum Gasteiger partial charge on any atom is -0.295 e. The SMILES string of the molecule is CCC(=O)N(CC)c1nn(C)c2cc([N+](=O)[O-])ccc12. The lowest BCUT2D eigenvalue weighted by atomic mass is 10.2. The third-order valence-electron chi connectivity index (χ3n) is 3.20. The molecule has 0 saturated heterocycles. The Labute approximate surface area is 115 Å². The molecule has 7 nitrogen and oxygen atoms in total. The fraction of sp³-hybridized carbons (Fsp3) is 0.385. The van der Waals surface area contributed by atoms with Crippen LogP contribution in [0.25, 0.3) is 10.9 Å². The number of carbonyl (C=O) groups excluding carboxylic acids is 1. The summed E-state index contributed by atoms with van der Waals surface area (Å²) in [4.78, 5) is 23.9. The number of amides is 1. The molecule has 0 atom stereocenters. The fourth-order valence-electron chi connectivity index (χ4n) is 2.17. The number of aromatic nitrogens is 2. The third kappa shape index (κ3) is 2.22. The lowest BCUT2D eigenvalue weighted by Gasteiger charge is -2.17. The quantitative estimate of drug-likeness (QED) is 0.633. The standard InChI is InChI=1S/C13H16N4O3/c1-4-12(18)16(5-2)13-10-7-6-9(17(19)20)8-11(10)15(3)14-13/h6-8H,4-5H2,1-3H3. The van der Waals surface area contributed by atoms with Crippen molar-refractivity contribution in [2.75, 3.05) is 11.4 Å². The summed E-state index contributed by atoms with van der Waals surface area (Å²) in [6.07, 6.45) is 0.388. The number of anilines is 1. The maximum atomic E-state index is 11.9. The van der Waals surface area contributed by atoms with Crippen molar-refractivity contribution in [3.63, 3.8) is 0 Å². The number of nitrogens with zero attached hydrogens (tertiary/aromatic N) is 4. The number of nitro groups is 1. The van der Waals surface area contributed by atoms with Crippen LogP contribution < -0.4 is 4.90 Å². The Hall–Kier alpha value is -2.44. The molecule has 0 saturated carbocycles. The molecule has 0 N–H and O–H groups in total. The number of fused-ring (bicyclic) bond motifs is 1. The van der Waals surface area contributed by atoms with E-state index >= 15 is 0 Å². The van der Waals surface area contributed by atoms with E-state index in [-0.39, 0.29) is 11.6 Å². The van der Waals surface area contributed by atoms with Gasteiger partial charge in [0.15, 0.2) is 5.82 Å². The summed E-state index contributed by atoms with van der Waals surface area (Å²) in [5.41, 5.74) is 0.647. The predicted molar refractivity (Wildman–Crippen MR) is 75.7 cm³/mol. The smallest absolute Gasteiger partial charge is 0.271 e. The van der Waals surface area contributed by atoms with Crippen LogP contribution in [-0.2, 0) is 11.8 Å². The topological polar surface area (TPSA) is 81.3 Å². The first kappa shape index (κ1) is 14.0. The zero-order valence-corrected chi connectivity index (χ0v) is 11.7. The second-order valence-corrected chi connectivity index (χ2v) is 4.40.